The van der Waals surface area contributed by atoms with Crippen molar-refractivity contribution in [1.82, 2.24) is 20.9 Å². The predicted octanol–water partition coefficient (Wildman–Crippen LogP) is 6.57. The highest BCUT2D eigenvalue weighted by molar-refractivity contribution is 6.34. The summed E-state index contributed by atoms with van der Waals surface area (Å²) in [6.07, 6.45) is 2.25. The maximum atomic E-state index is 13.7. The number of hydrogen-bond donors (Lipinski definition) is 3. The molecule has 2 atom stereocenters. The third kappa shape index (κ3) is 9.55. The highest BCUT2D eigenvalue weighted by Crippen LogP contribution is 2.28. The first-order valence-corrected chi connectivity index (χ1v) is 16.6. The van der Waals surface area contributed by atoms with Crippen LogP contribution in [0.1, 0.15) is 70.6 Å². The van der Waals surface area contributed by atoms with Gasteiger partial charge in [0.15, 0.2) is 0 Å². The fourth-order valence-electron chi connectivity index (χ4n) is 5.77. The van der Waals surface area contributed by atoms with E-state index in [4.69, 9.17) is 16.0 Å². The van der Waals surface area contributed by atoms with Gasteiger partial charge >= 0.3 is 0 Å². The van der Waals surface area contributed by atoms with Gasteiger partial charge in [-0.05, 0) is 86.7 Å². The van der Waals surface area contributed by atoms with Crippen molar-refractivity contribution in [1.29, 1.82) is 5.26 Å². The Balaban J connectivity index is 1.24. The van der Waals surface area contributed by atoms with Gasteiger partial charge in [0.25, 0.3) is 5.91 Å². The molecule has 0 spiro atoms. The molecule has 2 amide bonds. The van der Waals surface area contributed by atoms with Crippen LogP contribution in [0.15, 0.2) is 83.3 Å². The molecule has 1 aliphatic heterocycles. The Kier molecular flexibility index (Phi) is 11.9. The molecule has 3 N–H and O–H groups in total. The molecule has 244 valence electrons. The average Bonchev–Trinajstić information content (AvgIpc) is 3.57. The van der Waals surface area contributed by atoms with Gasteiger partial charge in [0.05, 0.1) is 28.8 Å². The highest BCUT2D eigenvalue weighted by Gasteiger charge is 2.21. The molecule has 1 saturated heterocycles. The normalized spacial score (nSPS) is 14.3. The molecule has 0 saturated carbocycles. The van der Waals surface area contributed by atoms with Crippen LogP contribution in [-0.2, 0) is 17.8 Å². The van der Waals surface area contributed by atoms with Crippen molar-refractivity contribution < 1.29 is 14.0 Å². The molecule has 1 fully saturated rings. The maximum Gasteiger partial charge on any atom is 0.253 e. The number of carbonyl (C=O) groups is 2. The number of nitrogens with one attached hydrogen (secondary N) is 3. The lowest BCUT2D eigenvalue weighted by molar-refractivity contribution is -0.131. The Morgan fingerprint density at radius 2 is 1.77 bits per heavy atom. The lowest BCUT2D eigenvalue weighted by Crippen LogP contribution is -2.46. The third-order valence-electron chi connectivity index (χ3n) is 8.63. The lowest BCUT2D eigenvalue weighted by Gasteiger charge is -2.27. The van der Waals surface area contributed by atoms with Crippen LogP contribution in [0.25, 0.3) is 11.3 Å². The number of halogens is 1. The first-order valence-electron chi connectivity index (χ1n) is 16.3. The molecule has 9 heteroatoms. The molecule has 8 nitrogen and oxygen atoms in total. The number of rotatable bonds is 13. The zero-order valence-corrected chi connectivity index (χ0v) is 27.8. The smallest absolute Gasteiger partial charge is 0.253 e. The predicted molar refractivity (Wildman–Crippen MR) is 185 cm³/mol. The van der Waals surface area contributed by atoms with Gasteiger partial charge in [-0.15, -0.1) is 0 Å². The van der Waals surface area contributed by atoms with Gasteiger partial charge in [0, 0.05) is 50.2 Å². The number of nitrogens with zero attached hydrogens (tertiary/aromatic N) is 2. The van der Waals surface area contributed by atoms with Gasteiger partial charge < -0.3 is 25.3 Å². The lowest BCUT2D eigenvalue weighted by atomic mass is 9.99. The second kappa shape index (κ2) is 16.4. The summed E-state index contributed by atoms with van der Waals surface area (Å²) in [5.74, 6) is 1.29. The van der Waals surface area contributed by atoms with Gasteiger partial charge in [-0.25, -0.2) is 0 Å². The molecule has 47 heavy (non-hydrogen) atoms. The molecule has 2 heterocycles. The van der Waals surface area contributed by atoms with E-state index >= 15 is 0 Å². The number of aryl methyl sites for hydroxylation is 1. The summed E-state index contributed by atoms with van der Waals surface area (Å²) in [7, 11) is 0. The molecular formula is C38H42ClN5O3. The Hall–Kier alpha value is -4.42. The second-order valence-electron chi connectivity index (χ2n) is 12.2. The Bertz CT molecular complexity index is 1690. The highest BCUT2D eigenvalue weighted by atomic mass is 35.5. The third-order valence-corrected chi connectivity index (χ3v) is 8.96. The van der Waals surface area contributed by atoms with Gasteiger partial charge in [0.2, 0.25) is 5.91 Å². The SMILES string of the molecule is Cc1ccc([C@@H](C)NCc2ccc(-c3ccc(Cl)c(C(=O)N[C@@H](CCCC(=O)N4CCNCC4)Cc4ccc(C#N)cc4)c3)o2)cc1. The minimum Gasteiger partial charge on any atom is -0.460 e. The van der Waals surface area contributed by atoms with Crippen LogP contribution in [-0.4, -0.2) is 48.9 Å². The van der Waals surface area contributed by atoms with E-state index in [1.165, 1.54) is 11.1 Å². The fraction of sp³-hybridized carbons (Fsp3) is 0.342. The number of nitriles is 1. The second-order valence-corrected chi connectivity index (χ2v) is 12.6. The monoisotopic (exact) mass is 651 g/mol. The van der Waals surface area contributed by atoms with Gasteiger partial charge in [-0.1, -0.05) is 53.6 Å². The Morgan fingerprint density at radius 1 is 1.02 bits per heavy atom. The molecule has 0 bridgehead atoms. The number of carbonyl (C=O) groups excluding carboxylic acids is 2. The van der Waals surface area contributed by atoms with E-state index < -0.39 is 0 Å². The van der Waals surface area contributed by atoms with E-state index in [0.29, 0.717) is 54.1 Å². The van der Waals surface area contributed by atoms with E-state index in [2.05, 4.69) is 60.1 Å². The van der Waals surface area contributed by atoms with Crippen LogP contribution in [0.5, 0.6) is 0 Å². The van der Waals surface area contributed by atoms with E-state index in [1.54, 1.807) is 24.3 Å². The summed E-state index contributed by atoms with van der Waals surface area (Å²) in [5.41, 5.74) is 5.12. The summed E-state index contributed by atoms with van der Waals surface area (Å²) >= 11 is 6.56. The maximum absolute atomic E-state index is 13.7. The zero-order valence-electron chi connectivity index (χ0n) is 27.0. The van der Waals surface area contributed by atoms with Crippen molar-refractivity contribution >= 4 is 23.4 Å². The summed E-state index contributed by atoms with van der Waals surface area (Å²) in [4.78, 5) is 28.3. The van der Waals surface area contributed by atoms with Crippen molar-refractivity contribution in [3.63, 3.8) is 0 Å². The van der Waals surface area contributed by atoms with Crippen LogP contribution in [0, 0.1) is 18.3 Å². The minimum absolute atomic E-state index is 0.142. The summed E-state index contributed by atoms with van der Waals surface area (Å²) < 4.78 is 6.15. The van der Waals surface area contributed by atoms with E-state index in [9.17, 15) is 14.9 Å². The molecule has 1 aliphatic rings. The van der Waals surface area contributed by atoms with Crippen molar-refractivity contribution in [2.24, 2.45) is 0 Å². The molecule has 4 aromatic rings. The fourth-order valence-corrected chi connectivity index (χ4v) is 5.97. The van der Waals surface area contributed by atoms with E-state index in [1.807, 2.05) is 35.2 Å². The van der Waals surface area contributed by atoms with Crippen molar-refractivity contribution in [2.45, 2.75) is 58.2 Å². The Labute approximate surface area is 282 Å². The first-order chi connectivity index (χ1) is 22.8. The molecule has 0 unspecified atom stereocenters. The van der Waals surface area contributed by atoms with Crippen LogP contribution < -0.4 is 16.0 Å². The van der Waals surface area contributed by atoms with Crippen molar-refractivity contribution in [2.75, 3.05) is 26.2 Å². The van der Waals surface area contributed by atoms with Crippen molar-refractivity contribution in [3.8, 4) is 17.4 Å². The number of benzene rings is 3. The first kappa shape index (κ1) is 33.9. The molecule has 5 rings (SSSR count). The van der Waals surface area contributed by atoms with E-state index in [-0.39, 0.29) is 23.9 Å². The largest absolute Gasteiger partial charge is 0.460 e. The standard InChI is InChI=1S/C38H42ClN5O3/c1-26-6-12-30(13-7-26)27(2)42-25-33-15-17-36(47-33)31-14-16-35(39)34(23-31)38(46)43-32(22-28-8-10-29(24-40)11-9-28)4-3-5-37(45)44-20-18-41-19-21-44/h6-17,23,27,32,41-42H,3-5,18-22,25H2,1-2H3,(H,43,46)/t27-,32+/m1/s1. The topological polar surface area (TPSA) is 110 Å². The van der Waals surface area contributed by atoms with Crippen molar-refractivity contribution in [3.05, 3.63) is 117 Å². The van der Waals surface area contributed by atoms with Gasteiger partial charge in [0.1, 0.15) is 11.5 Å². The number of amides is 2. The molecular weight excluding hydrogens is 610 g/mol. The molecule has 1 aromatic heterocycles. The van der Waals surface area contributed by atoms with Crippen LogP contribution in [0.2, 0.25) is 5.02 Å². The van der Waals surface area contributed by atoms with Crippen LogP contribution >= 0.6 is 11.6 Å². The number of hydrogen-bond acceptors (Lipinski definition) is 6. The summed E-state index contributed by atoms with van der Waals surface area (Å²) in [6, 6.07) is 27.1. The van der Waals surface area contributed by atoms with Gasteiger partial charge in [-0.3, -0.25) is 9.59 Å². The number of furan rings is 1. The molecule has 3 aromatic carbocycles. The average molecular weight is 652 g/mol. The van der Waals surface area contributed by atoms with E-state index in [0.717, 1.165) is 43.1 Å². The van der Waals surface area contributed by atoms with Crippen LogP contribution in [0.4, 0.5) is 0 Å². The molecule has 0 radical (unpaired) electrons. The minimum atomic E-state index is -0.288. The quantitative estimate of drug-likeness (QED) is 0.151. The summed E-state index contributed by atoms with van der Waals surface area (Å²) in [6.45, 7) is 7.83. The van der Waals surface area contributed by atoms with Crippen LogP contribution in [0.3, 0.4) is 0 Å². The zero-order chi connectivity index (χ0) is 33.2. The summed E-state index contributed by atoms with van der Waals surface area (Å²) in [5, 5.41) is 19.5. The molecule has 0 aliphatic carbocycles. The Morgan fingerprint density at radius 3 is 2.49 bits per heavy atom. The van der Waals surface area contributed by atoms with Gasteiger partial charge in [-0.2, -0.15) is 5.26 Å². The number of piperazine rings is 1.